The second kappa shape index (κ2) is 6.19. The van der Waals surface area contributed by atoms with Crippen molar-refractivity contribution in [2.75, 3.05) is 20.3 Å². The van der Waals surface area contributed by atoms with Crippen molar-refractivity contribution in [2.45, 2.75) is 31.7 Å². The van der Waals surface area contributed by atoms with Gasteiger partial charge in [0, 0.05) is 13.2 Å². The zero-order chi connectivity index (χ0) is 11.2. The van der Waals surface area contributed by atoms with Crippen molar-refractivity contribution in [3.05, 3.63) is 0 Å². The number of rotatable bonds is 7. The highest BCUT2D eigenvalue weighted by Gasteiger charge is 2.40. The highest BCUT2D eigenvalue weighted by molar-refractivity contribution is 4.75. The van der Waals surface area contributed by atoms with E-state index in [9.17, 15) is 17.6 Å². The van der Waals surface area contributed by atoms with Gasteiger partial charge in [0.15, 0.2) is 0 Å². The molecule has 0 aliphatic carbocycles. The topological polar surface area (TPSA) is 21.3 Å². The molecular formula is C8H15F4NO. The van der Waals surface area contributed by atoms with Crippen LogP contribution in [0.25, 0.3) is 0 Å². The first-order chi connectivity index (χ1) is 6.44. The third-order valence-electron chi connectivity index (χ3n) is 1.81. The van der Waals surface area contributed by atoms with Crippen LogP contribution in [-0.4, -0.2) is 38.7 Å². The van der Waals surface area contributed by atoms with Crippen molar-refractivity contribution in [3.8, 4) is 0 Å². The molecule has 86 valence electrons. The predicted octanol–water partition coefficient (Wildman–Crippen LogP) is 1.90. The molecular weight excluding hydrogens is 202 g/mol. The Hall–Kier alpha value is -0.360. The van der Waals surface area contributed by atoms with Crippen molar-refractivity contribution in [2.24, 2.45) is 0 Å². The molecule has 0 rings (SSSR count). The van der Waals surface area contributed by atoms with Gasteiger partial charge >= 0.3 is 12.3 Å². The predicted molar refractivity (Wildman–Crippen MR) is 44.9 cm³/mol. The molecule has 0 bridgehead atoms. The van der Waals surface area contributed by atoms with Crippen molar-refractivity contribution in [1.82, 2.24) is 5.32 Å². The highest BCUT2D eigenvalue weighted by Crippen LogP contribution is 2.21. The lowest BCUT2D eigenvalue weighted by atomic mass is 10.2. The minimum absolute atomic E-state index is 0.232. The van der Waals surface area contributed by atoms with Crippen LogP contribution < -0.4 is 5.32 Å². The van der Waals surface area contributed by atoms with Crippen LogP contribution in [0.1, 0.15) is 13.3 Å². The van der Waals surface area contributed by atoms with Crippen molar-refractivity contribution < 1.29 is 22.3 Å². The van der Waals surface area contributed by atoms with Gasteiger partial charge < -0.3 is 10.1 Å². The maximum Gasteiger partial charge on any atom is 0.319 e. The average Bonchev–Trinajstić information content (AvgIpc) is 2.12. The summed E-state index contributed by atoms with van der Waals surface area (Å²) in [5.41, 5.74) is 0. The molecule has 14 heavy (non-hydrogen) atoms. The van der Waals surface area contributed by atoms with Crippen LogP contribution in [0.15, 0.2) is 0 Å². The fraction of sp³-hybridized carbons (Fsp3) is 1.00. The molecule has 0 saturated heterocycles. The van der Waals surface area contributed by atoms with E-state index in [-0.39, 0.29) is 12.6 Å². The second-order valence-electron chi connectivity index (χ2n) is 3.00. The molecule has 0 aromatic heterocycles. The largest absolute Gasteiger partial charge is 0.383 e. The molecule has 0 heterocycles. The van der Waals surface area contributed by atoms with Crippen LogP contribution in [-0.2, 0) is 4.74 Å². The van der Waals surface area contributed by atoms with E-state index in [1.165, 1.54) is 7.11 Å². The van der Waals surface area contributed by atoms with Crippen LogP contribution >= 0.6 is 0 Å². The molecule has 0 aliphatic rings. The van der Waals surface area contributed by atoms with E-state index in [4.69, 9.17) is 4.74 Å². The molecule has 0 saturated carbocycles. The Kier molecular flexibility index (Phi) is 6.03. The number of alkyl halides is 4. The Morgan fingerprint density at radius 2 is 1.93 bits per heavy atom. The lowest BCUT2D eigenvalue weighted by Crippen LogP contribution is -2.44. The van der Waals surface area contributed by atoms with Gasteiger partial charge in [-0.05, 0) is 6.42 Å². The lowest BCUT2D eigenvalue weighted by molar-refractivity contribution is -0.126. The van der Waals surface area contributed by atoms with Crippen LogP contribution in [0.4, 0.5) is 17.6 Å². The summed E-state index contributed by atoms with van der Waals surface area (Å²) in [5, 5.41) is 2.34. The fourth-order valence-corrected chi connectivity index (χ4v) is 0.880. The number of halogens is 4. The molecule has 0 aliphatic heterocycles. The molecule has 0 spiro atoms. The average molecular weight is 217 g/mol. The summed E-state index contributed by atoms with van der Waals surface area (Å²) in [5.74, 6) is -3.97. The normalized spacial score (nSPS) is 14.8. The molecule has 1 atom stereocenters. The molecule has 0 amide bonds. The summed E-state index contributed by atoms with van der Waals surface area (Å²) >= 11 is 0. The Balaban J connectivity index is 3.89. The van der Waals surface area contributed by atoms with Crippen LogP contribution in [0.5, 0.6) is 0 Å². The SMILES string of the molecule is CCC(COC)NCC(F)(F)C(F)F. The van der Waals surface area contributed by atoms with E-state index < -0.39 is 18.9 Å². The standard InChI is InChI=1S/C8H15F4NO/c1-3-6(4-14-2)13-5-8(11,12)7(9)10/h6-7,13H,3-5H2,1-2H3. The molecule has 0 aromatic carbocycles. The van der Waals surface area contributed by atoms with Crippen molar-refractivity contribution in [3.63, 3.8) is 0 Å². The van der Waals surface area contributed by atoms with Gasteiger partial charge in [0.05, 0.1) is 13.2 Å². The van der Waals surface area contributed by atoms with Gasteiger partial charge in [-0.2, -0.15) is 8.78 Å². The number of hydrogen-bond acceptors (Lipinski definition) is 2. The zero-order valence-electron chi connectivity index (χ0n) is 8.20. The molecule has 0 fully saturated rings. The summed E-state index contributed by atoms with van der Waals surface area (Å²) in [6.07, 6.45) is -3.08. The van der Waals surface area contributed by atoms with Crippen molar-refractivity contribution >= 4 is 0 Å². The van der Waals surface area contributed by atoms with E-state index >= 15 is 0 Å². The minimum Gasteiger partial charge on any atom is -0.383 e. The number of ether oxygens (including phenoxy) is 1. The molecule has 1 unspecified atom stereocenters. The van der Waals surface area contributed by atoms with Crippen molar-refractivity contribution in [1.29, 1.82) is 0 Å². The van der Waals surface area contributed by atoms with E-state index in [2.05, 4.69) is 5.32 Å². The first kappa shape index (κ1) is 13.6. The van der Waals surface area contributed by atoms with Gasteiger partial charge in [-0.15, -0.1) is 0 Å². The Bertz CT molecular complexity index is 154. The van der Waals surface area contributed by atoms with E-state index in [0.717, 1.165) is 0 Å². The van der Waals surface area contributed by atoms with Gasteiger partial charge in [0.2, 0.25) is 0 Å². The lowest BCUT2D eigenvalue weighted by Gasteiger charge is -2.20. The summed E-state index contributed by atoms with van der Waals surface area (Å²) in [6, 6.07) is -0.315. The zero-order valence-corrected chi connectivity index (χ0v) is 8.20. The van der Waals surface area contributed by atoms with Gasteiger partial charge in [-0.3, -0.25) is 0 Å². The molecule has 2 nitrogen and oxygen atoms in total. The van der Waals surface area contributed by atoms with Gasteiger partial charge in [-0.25, -0.2) is 8.78 Å². The summed E-state index contributed by atoms with van der Waals surface area (Å²) in [4.78, 5) is 0. The number of methoxy groups -OCH3 is 1. The van der Waals surface area contributed by atoms with Gasteiger partial charge in [0.1, 0.15) is 0 Å². The van der Waals surface area contributed by atoms with E-state index in [1.54, 1.807) is 6.92 Å². The quantitative estimate of drug-likeness (QED) is 0.657. The second-order valence-corrected chi connectivity index (χ2v) is 3.00. The fourth-order valence-electron chi connectivity index (χ4n) is 0.880. The Labute approximate surface area is 80.6 Å². The summed E-state index contributed by atoms with van der Waals surface area (Å²) in [6.45, 7) is 0.972. The maximum absolute atomic E-state index is 12.4. The smallest absolute Gasteiger partial charge is 0.319 e. The van der Waals surface area contributed by atoms with Gasteiger partial charge in [-0.1, -0.05) is 6.92 Å². The Morgan fingerprint density at radius 1 is 1.36 bits per heavy atom. The third-order valence-corrected chi connectivity index (χ3v) is 1.81. The number of nitrogens with one attached hydrogen (secondary N) is 1. The molecule has 6 heteroatoms. The van der Waals surface area contributed by atoms with E-state index in [0.29, 0.717) is 6.42 Å². The van der Waals surface area contributed by atoms with Gasteiger partial charge in [0.25, 0.3) is 0 Å². The first-order valence-electron chi connectivity index (χ1n) is 4.32. The van der Waals surface area contributed by atoms with Crippen LogP contribution in [0, 0.1) is 0 Å². The molecule has 1 N–H and O–H groups in total. The Morgan fingerprint density at radius 3 is 2.29 bits per heavy atom. The highest BCUT2D eigenvalue weighted by atomic mass is 19.3. The number of hydrogen-bond donors (Lipinski definition) is 1. The van der Waals surface area contributed by atoms with Crippen LogP contribution in [0.3, 0.4) is 0 Å². The van der Waals surface area contributed by atoms with E-state index in [1.807, 2.05) is 0 Å². The third kappa shape index (κ3) is 4.76. The monoisotopic (exact) mass is 217 g/mol. The maximum atomic E-state index is 12.4. The van der Waals surface area contributed by atoms with Crippen LogP contribution in [0.2, 0.25) is 0 Å². The molecule has 0 radical (unpaired) electrons. The molecule has 0 aromatic rings. The summed E-state index contributed by atoms with van der Waals surface area (Å²) in [7, 11) is 1.43. The summed E-state index contributed by atoms with van der Waals surface area (Å²) < 4.78 is 53.0. The minimum atomic E-state index is -3.97. The first-order valence-corrected chi connectivity index (χ1v) is 4.32.